The number of carbonyl (C=O) groups excluding carboxylic acids is 1. The van der Waals surface area contributed by atoms with Crippen molar-refractivity contribution < 1.29 is 9.18 Å². The summed E-state index contributed by atoms with van der Waals surface area (Å²) < 4.78 is 13.3. The molecule has 1 amide bonds. The van der Waals surface area contributed by atoms with Crippen molar-refractivity contribution in [1.82, 2.24) is 15.2 Å². The van der Waals surface area contributed by atoms with Gasteiger partial charge in [0, 0.05) is 24.8 Å². The van der Waals surface area contributed by atoms with Gasteiger partial charge in [0.15, 0.2) is 5.01 Å². The van der Waals surface area contributed by atoms with E-state index in [2.05, 4.69) is 22.1 Å². The van der Waals surface area contributed by atoms with E-state index in [1.165, 1.54) is 23.5 Å². The van der Waals surface area contributed by atoms with E-state index in [1.807, 2.05) is 6.07 Å². The molecule has 0 saturated carbocycles. The summed E-state index contributed by atoms with van der Waals surface area (Å²) in [7, 11) is 0. The first-order chi connectivity index (χ1) is 11.6. The van der Waals surface area contributed by atoms with Crippen molar-refractivity contribution in [3.8, 4) is 10.4 Å². The van der Waals surface area contributed by atoms with Gasteiger partial charge >= 0.3 is 0 Å². The Kier molecular flexibility index (Phi) is 4.10. The fraction of sp³-hybridized carbons (Fsp3) is 0.444. The Morgan fingerprint density at radius 3 is 3.04 bits per heavy atom. The van der Waals surface area contributed by atoms with Gasteiger partial charge in [-0.15, -0.1) is 11.3 Å². The van der Waals surface area contributed by atoms with Crippen LogP contribution in [-0.4, -0.2) is 41.0 Å². The minimum atomic E-state index is -0.284. The maximum absolute atomic E-state index is 13.3. The summed E-state index contributed by atoms with van der Waals surface area (Å²) in [5.74, 6) is 0.166. The van der Waals surface area contributed by atoms with E-state index < -0.39 is 0 Å². The molecule has 3 unspecified atom stereocenters. The standard InChI is InChI=1S/C18H20FN3OS/c1-11-7-12-5-6-22(11)10-15(12)21-17(23)18-20-9-16(24-18)13-3-2-4-14(19)8-13/h2-4,8-9,11-12,15H,5-7,10H2,1H3,(H,21,23)/t11?,12?,15-/m0/s1. The zero-order chi connectivity index (χ0) is 16.7. The molecule has 0 spiro atoms. The highest BCUT2D eigenvalue weighted by Crippen LogP contribution is 2.32. The van der Waals surface area contributed by atoms with Gasteiger partial charge in [0.1, 0.15) is 5.82 Å². The van der Waals surface area contributed by atoms with Crippen LogP contribution in [0.5, 0.6) is 0 Å². The van der Waals surface area contributed by atoms with Gasteiger partial charge in [-0.2, -0.15) is 0 Å². The molecule has 0 aliphatic carbocycles. The quantitative estimate of drug-likeness (QED) is 0.929. The van der Waals surface area contributed by atoms with Crippen LogP contribution in [0, 0.1) is 11.7 Å². The number of aromatic nitrogens is 1. The van der Waals surface area contributed by atoms with Crippen molar-refractivity contribution in [2.75, 3.05) is 13.1 Å². The molecule has 2 aromatic rings. The van der Waals surface area contributed by atoms with Gasteiger partial charge in [-0.1, -0.05) is 12.1 Å². The molecule has 126 valence electrons. The van der Waals surface area contributed by atoms with Crippen LogP contribution < -0.4 is 5.32 Å². The fourth-order valence-electron chi connectivity index (χ4n) is 3.84. The Morgan fingerprint density at radius 2 is 2.33 bits per heavy atom. The number of halogens is 1. The van der Waals surface area contributed by atoms with Crippen molar-refractivity contribution >= 4 is 17.2 Å². The number of nitrogens with zero attached hydrogens (tertiary/aromatic N) is 2. The lowest BCUT2D eigenvalue weighted by molar-refractivity contribution is 0.0274. The maximum Gasteiger partial charge on any atom is 0.280 e. The van der Waals surface area contributed by atoms with Gasteiger partial charge in [-0.3, -0.25) is 9.69 Å². The predicted octanol–water partition coefficient (Wildman–Crippen LogP) is 3.16. The van der Waals surface area contributed by atoms with Crippen LogP contribution in [-0.2, 0) is 0 Å². The van der Waals surface area contributed by atoms with Crippen LogP contribution in [0.15, 0.2) is 30.5 Å². The first-order valence-electron chi connectivity index (χ1n) is 8.37. The summed E-state index contributed by atoms with van der Waals surface area (Å²) in [6.45, 7) is 4.33. The molecule has 4 atom stereocenters. The molecule has 4 nitrogen and oxygen atoms in total. The fourth-order valence-corrected chi connectivity index (χ4v) is 4.66. The Labute approximate surface area is 144 Å². The summed E-state index contributed by atoms with van der Waals surface area (Å²) in [4.78, 5) is 20.0. The molecule has 3 aliphatic heterocycles. The molecule has 4 heterocycles. The number of thiazole rings is 1. The Bertz CT molecular complexity index is 762. The second-order valence-electron chi connectivity index (χ2n) is 6.75. The highest BCUT2D eigenvalue weighted by atomic mass is 32.1. The van der Waals surface area contributed by atoms with Gasteiger partial charge < -0.3 is 5.32 Å². The molecule has 1 aromatic heterocycles. The van der Waals surface area contributed by atoms with Crippen LogP contribution in [0.4, 0.5) is 4.39 Å². The summed E-state index contributed by atoms with van der Waals surface area (Å²) in [5.41, 5.74) is 0.753. The molecule has 3 fully saturated rings. The molecule has 1 aromatic carbocycles. The zero-order valence-electron chi connectivity index (χ0n) is 13.5. The van der Waals surface area contributed by atoms with Gasteiger partial charge in [-0.05, 0) is 49.9 Å². The van der Waals surface area contributed by atoms with Crippen LogP contribution in [0.1, 0.15) is 29.6 Å². The van der Waals surface area contributed by atoms with Crippen molar-refractivity contribution in [2.45, 2.75) is 31.8 Å². The van der Waals surface area contributed by atoms with Crippen molar-refractivity contribution in [2.24, 2.45) is 5.92 Å². The molecular weight excluding hydrogens is 325 g/mol. The smallest absolute Gasteiger partial charge is 0.280 e. The summed E-state index contributed by atoms with van der Waals surface area (Å²) >= 11 is 1.31. The molecular formula is C18H20FN3OS. The zero-order valence-corrected chi connectivity index (χ0v) is 14.4. The molecule has 2 bridgehead atoms. The van der Waals surface area contributed by atoms with Crippen LogP contribution in [0.25, 0.3) is 10.4 Å². The second kappa shape index (κ2) is 6.26. The van der Waals surface area contributed by atoms with E-state index in [0.29, 0.717) is 17.0 Å². The minimum absolute atomic E-state index is 0.117. The first-order valence-corrected chi connectivity index (χ1v) is 9.18. The van der Waals surface area contributed by atoms with E-state index in [-0.39, 0.29) is 17.8 Å². The lowest BCUT2D eigenvalue weighted by Gasteiger charge is -2.48. The highest BCUT2D eigenvalue weighted by Gasteiger charge is 2.39. The summed E-state index contributed by atoms with van der Waals surface area (Å²) in [6, 6.07) is 7.20. The van der Waals surface area contributed by atoms with E-state index in [1.54, 1.807) is 12.3 Å². The summed E-state index contributed by atoms with van der Waals surface area (Å²) in [6.07, 6.45) is 3.95. The van der Waals surface area contributed by atoms with Crippen molar-refractivity contribution in [1.29, 1.82) is 0 Å². The summed E-state index contributed by atoms with van der Waals surface area (Å²) in [5, 5.41) is 3.60. The van der Waals surface area contributed by atoms with Gasteiger partial charge in [0.25, 0.3) is 5.91 Å². The number of hydrogen-bond donors (Lipinski definition) is 1. The SMILES string of the molecule is CC1CC2CCN1C[C@@H]2NC(=O)c1ncc(-c2cccc(F)c2)s1. The number of nitrogens with one attached hydrogen (secondary N) is 1. The number of piperidine rings is 3. The predicted molar refractivity (Wildman–Crippen MR) is 92.5 cm³/mol. The number of hydrogen-bond acceptors (Lipinski definition) is 4. The molecule has 3 aliphatic rings. The first kappa shape index (κ1) is 15.7. The van der Waals surface area contributed by atoms with Gasteiger partial charge in [-0.25, -0.2) is 9.37 Å². The molecule has 0 radical (unpaired) electrons. The highest BCUT2D eigenvalue weighted by molar-refractivity contribution is 7.16. The molecule has 3 saturated heterocycles. The van der Waals surface area contributed by atoms with E-state index in [0.717, 1.165) is 36.4 Å². The van der Waals surface area contributed by atoms with Crippen molar-refractivity contribution in [3.63, 3.8) is 0 Å². The molecule has 24 heavy (non-hydrogen) atoms. The molecule has 1 N–H and O–H groups in total. The number of fused-ring (bicyclic) bond motifs is 3. The lowest BCUT2D eigenvalue weighted by atomic mass is 9.80. The van der Waals surface area contributed by atoms with E-state index in [4.69, 9.17) is 0 Å². The average Bonchev–Trinajstić information content (AvgIpc) is 3.06. The third kappa shape index (κ3) is 2.96. The topological polar surface area (TPSA) is 45.2 Å². The maximum atomic E-state index is 13.3. The number of benzene rings is 1. The Balaban J connectivity index is 1.46. The Morgan fingerprint density at radius 1 is 1.46 bits per heavy atom. The van der Waals surface area contributed by atoms with E-state index >= 15 is 0 Å². The van der Waals surface area contributed by atoms with Gasteiger partial charge in [0.05, 0.1) is 4.88 Å². The van der Waals surface area contributed by atoms with E-state index in [9.17, 15) is 9.18 Å². The van der Waals surface area contributed by atoms with Crippen molar-refractivity contribution in [3.05, 3.63) is 41.3 Å². The molecule has 5 rings (SSSR count). The lowest BCUT2D eigenvalue weighted by Crippen LogP contribution is -2.60. The number of carbonyl (C=O) groups is 1. The van der Waals surface area contributed by atoms with Gasteiger partial charge in [0.2, 0.25) is 0 Å². The number of rotatable bonds is 3. The normalized spacial score (nSPS) is 28.8. The van der Waals surface area contributed by atoms with Crippen LogP contribution >= 0.6 is 11.3 Å². The molecule has 6 heteroatoms. The average molecular weight is 345 g/mol. The third-order valence-corrected chi connectivity index (χ3v) is 6.23. The Hall–Kier alpha value is -1.79. The number of amides is 1. The monoisotopic (exact) mass is 345 g/mol. The van der Waals surface area contributed by atoms with Crippen LogP contribution in [0.3, 0.4) is 0 Å². The third-order valence-electron chi connectivity index (χ3n) is 5.18. The minimum Gasteiger partial charge on any atom is -0.346 e. The second-order valence-corrected chi connectivity index (χ2v) is 7.78. The van der Waals surface area contributed by atoms with Crippen LogP contribution in [0.2, 0.25) is 0 Å². The largest absolute Gasteiger partial charge is 0.346 e.